The van der Waals surface area contributed by atoms with E-state index < -0.39 is 10.2 Å². The highest BCUT2D eigenvalue weighted by molar-refractivity contribution is 7.86. The van der Waals surface area contributed by atoms with Crippen molar-refractivity contribution in [3.63, 3.8) is 0 Å². The molecule has 0 saturated carbocycles. The number of morpholine rings is 2. The lowest BCUT2D eigenvalue weighted by atomic mass is 10.1. The van der Waals surface area contributed by atoms with Gasteiger partial charge in [0, 0.05) is 45.8 Å². The minimum absolute atomic E-state index is 0. The Kier molecular flexibility index (Phi) is 7.88. The molecule has 27 heavy (non-hydrogen) atoms. The molecular formula is C16H31ClN4O5S. The number of amides is 1. The van der Waals surface area contributed by atoms with Crippen molar-refractivity contribution in [1.29, 1.82) is 0 Å². The lowest BCUT2D eigenvalue weighted by Gasteiger charge is -2.41. The summed E-state index contributed by atoms with van der Waals surface area (Å²) >= 11 is 0. The number of nitrogens with one attached hydrogen (secondary N) is 1. The van der Waals surface area contributed by atoms with Crippen molar-refractivity contribution in [2.75, 3.05) is 52.4 Å². The van der Waals surface area contributed by atoms with Crippen LogP contribution in [0.4, 0.5) is 0 Å². The van der Waals surface area contributed by atoms with Crippen molar-refractivity contribution < 1.29 is 22.7 Å². The minimum Gasteiger partial charge on any atom is -0.375 e. The zero-order valence-electron chi connectivity index (χ0n) is 16.2. The van der Waals surface area contributed by atoms with Crippen LogP contribution in [0.25, 0.3) is 0 Å². The fraction of sp³-hybridized carbons (Fsp3) is 0.938. The summed E-state index contributed by atoms with van der Waals surface area (Å²) in [4.78, 5) is 14.4. The Balaban J connectivity index is 0.00000261. The maximum Gasteiger partial charge on any atom is 0.282 e. The van der Waals surface area contributed by atoms with Crippen molar-refractivity contribution in [3.05, 3.63) is 0 Å². The molecule has 0 aromatic rings. The third kappa shape index (κ3) is 5.11. The topological polar surface area (TPSA) is 91.4 Å². The number of carbonyl (C=O) groups excluding carboxylic acids is 1. The van der Waals surface area contributed by atoms with Gasteiger partial charge in [0.2, 0.25) is 5.91 Å². The van der Waals surface area contributed by atoms with E-state index in [0.717, 1.165) is 0 Å². The molecule has 3 saturated heterocycles. The van der Waals surface area contributed by atoms with Gasteiger partial charge in [0.15, 0.2) is 0 Å². The van der Waals surface area contributed by atoms with Gasteiger partial charge in [-0.25, -0.2) is 0 Å². The van der Waals surface area contributed by atoms with Crippen molar-refractivity contribution in [3.8, 4) is 0 Å². The molecule has 4 atom stereocenters. The predicted molar refractivity (Wildman–Crippen MR) is 103 cm³/mol. The fourth-order valence-corrected chi connectivity index (χ4v) is 5.58. The number of ether oxygens (including phenoxy) is 2. The van der Waals surface area contributed by atoms with Crippen LogP contribution in [0, 0.1) is 0 Å². The molecule has 9 nitrogen and oxygen atoms in total. The van der Waals surface area contributed by atoms with Crippen LogP contribution in [0.2, 0.25) is 0 Å². The molecular weight excluding hydrogens is 396 g/mol. The number of hydrogen-bond acceptors (Lipinski definition) is 6. The van der Waals surface area contributed by atoms with Crippen LogP contribution in [0.3, 0.4) is 0 Å². The highest BCUT2D eigenvalue weighted by Gasteiger charge is 2.39. The quantitative estimate of drug-likeness (QED) is 0.640. The fourth-order valence-electron chi connectivity index (χ4n) is 3.83. The lowest BCUT2D eigenvalue weighted by molar-refractivity contribution is -0.140. The molecule has 1 N–H and O–H groups in total. The minimum atomic E-state index is -3.53. The van der Waals surface area contributed by atoms with Gasteiger partial charge in [-0.2, -0.15) is 17.0 Å². The van der Waals surface area contributed by atoms with Crippen LogP contribution in [0.5, 0.6) is 0 Å². The highest BCUT2D eigenvalue weighted by atomic mass is 35.5. The summed E-state index contributed by atoms with van der Waals surface area (Å²) in [6.45, 7) is 9.08. The Bertz CT molecular complexity index is 604. The van der Waals surface area contributed by atoms with Gasteiger partial charge in [-0.15, -0.1) is 12.4 Å². The predicted octanol–water partition coefficient (Wildman–Crippen LogP) is -0.717. The molecule has 3 aliphatic rings. The van der Waals surface area contributed by atoms with Gasteiger partial charge < -0.3 is 19.7 Å². The monoisotopic (exact) mass is 426 g/mol. The van der Waals surface area contributed by atoms with Crippen LogP contribution < -0.4 is 5.32 Å². The molecule has 0 aromatic heterocycles. The molecule has 0 spiro atoms. The molecule has 0 bridgehead atoms. The Morgan fingerprint density at radius 2 is 1.59 bits per heavy atom. The van der Waals surface area contributed by atoms with E-state index in [4.69, 9.17) is 9.47 Å². The summed E-state index contributed by atoms with van der Waals surface area (Å²) in [6, 6.07) is -0.354. The largest absolute Gasteiger partial charge is 0.375 e. The van der Waals surface area contributed by atoms with Gasteiger partial charge in [-0.05, 0) is 20.8 Å². The summed E-state index contributed by atoms with van der Waals surface area (Å²) in [5.74, 6) is -0.0112. The van der Waals surface area contributed by atoms with E-state index in [1.807, 2.05) is 20.8 Å². The second-order valence-electron chi connectivity index (χ2n) is 7.31. The Morgan fingerprint density at radius 1 is 1.00 bits per heavy atom. The van der Waals surface area contributed by atoms with Gasteiger partial charge in [0.05, 0.1) is 24.9 Å². The van der Waals surface area contributed by atoms with Gasteiger partial charge in [0.1, 0.15) is 6.04 Å². The molecule has 0 radical (unpaired) electrons. The maximum absolute atomic E-state index is 12.9. The Morgan fingerprint density at radius 3 is 2.15 bits per heavy atom. The van der Waals surface area contributed by atoms with Crippen LogP contribution in [0.1, 0.15) is 20.8 Å². The molecule has 3 fully saturated rings. The summed E-state index contributed by atoms with van der Waals surface area (Å²) in [6.07, 6.45) is -0.403. The number of halogens is 1. The standard InChI is InChI=1S/C16H30N4O5S.ClH/c1-12-10-20(11-13(2)25-12)26(22,23)19-7-5-18(6-8-19)16(21)15-14(3)24-9-4-17-15;/h12-15,17H,4-11H2,1-3H3;1H/t12?,13?,14-,15+;/m1./s1. The zero-order valence-corrected chi connectivity index (χ0v) is 17.8. The van der Waals surface area contributed by atoms with E-state index >= 15 is 0 Å². The van der Waals surface area contributed by atoms with E-state index in [0.29, 0.717) is 52.4 Å². The molecule has 0 aliphatic carbocycles. The SMILES string of the molecule is CC1CN(S(=O)(=O)N2CCN(C(=O)[C@H]3NCCO[C@@H]3C)CC2)CC(C)O1.Cl. The summed E-state index contributed by atoms with van der Waals surface area (Å²) in [5.41, 5.74) is 0. The average Bonchev–Trinajstić information content (AvgIpc) is 2.61. The molecule has 0 aromatic carbocycles. The van der Waals surface area contributed by atoms with E-state index in [1.54, 1.807) is 4.90 Å². The normalized spacial score (nSPS) is 34.1. The Labute approximate surface area is 167 Å². The van der Waals surface area contributed by atoms with Gasteiger partial charge >= 0.3 is 0 Å². The first kappa shape index (κ1) is 22.8. The summed E-state index contributed by atoms with van der Waals surface area (Å²) in [7, 11) is -3.53. The number of rotatable bonds is 3. The molecule has 3 heterocycles. The van der Waals surface area contributed by atoms with Crippen molar-refractivity contribution in [1.82, 2.24) is 18.8 Å². The molecule has 158 valence electrons. The van der Waals surface area contributed by atoms with Crippen LogP contribution in [-0.4, -0.2) is 105 Å². The van der Waals surface area contributed by atoms with Crippen molar-refractivity contribution in [2.24, 2.45) is 0 Å². The summed E-state index contributed by atoms with van der Waals surface area (Å²) in [5, 5.41) is 3.20. The molecule has 11 heteroatoms. The first-order chi connectivity index (χ1) is 12.3. The smallest absolute Gasteiger partial charge is 0.282 e. The molecule has 3 rings (SSSR count). The first-order valence-corrected chi connectivity index (χ1v) is 10.7. The van der Waals surface area contributed by atoms with Gasteiger partial charge in [-0.3, -0.25) is 4.79 Å². The summed E-state index contributed by atoms with van der Waals surface area (Å²) < 4.78 is 40.0. The number of piperazine rings is 1. The second kappa shape index (κ2) is 9.34. The van der Waals surface area contributed by atoms with Crippen molar-refractivity contribution in [2.45, 2.75) is 45.1 Å². The average molecular weight is 427 g/mol. The van der Waals surface area contributed by atoms with Gasteiger partial charge in [0.25, 0.3) is 10.2 Å². The third-order valence-corrected chi connectivity index (χ3v) is 7.14. The van der Waals surface area contributed by atoms with E-state index in [9.17, 15) is 13.2 Å². The highest BCUT2D eigenvalue weighted by Crippen LogP contribution is 2.19. The van der Waals surface area contributed by atoms with Crippen LogP contribution >= 0.6 is 12.4 Å². The van der Waals surface area contributed by atoms with E-state index in [1.165, 1.54) is 8.61 Å². The first-order valence-electron chi connectivity index (χ1n) is 9.33. The number of carbonyl (C=O) groups is 1. The zero-order chi connectivity index (χ0) is 18.9. The third-order valence-electron chi connectivity index (χ3n) is 5.17. The van der Waals surface area contributed by atoms with Crippen LogP contribution in [-0.2, 0) is 24.5 Å². The van der Waals surface area contributed by atoms with Gasteiger partial charge in [-0.1, -0.05) is 0 Å². The number of hydrogen-bond donors (Lipinski definition) is 1. The van der Waals surface area contributed by atoms with E-state index in [-0.39, 0.29) is 42.7 Å². The molecule has 1 amide bonds. The maximum atomic E-state index is 12.9. The van der Waals surface area contributed by atoms with Crippen LogP contribution in [0.15, 0.2) is 0 Å². The molecule has 2 unspecified atom stereocenters. The van der Waals surface area contributed by atoms with Crippen molar-refractivity contribution >= 4 is 28.5 Å². The second-order valence-corrected chi connectivity index (χ2v) is 9.24. The Hall–Kier alpha value is -0.490. The number of nitrogens with zero attached hydrogens (tertiary/aromatic N) is 3. The molecule has 3 aliphatic heterocycles. The van der Waals surface area contributed by atoms with E-state index in [2.05, 4.69) is 5.32 Å². The lowest BCUT2D eigenvalue weighted by Crippen LogP contribution is -2.61.